The molecule has 0 amide bonds. The highest BCUT2D eigenvalue weighted by molar-refractivity contribution is 6.53. The largest absolute Gasteiger partial charge is 0.326 e. The van der Waals surface area contributed by atoms with Crippen LogP contribution in [0.2, 0.25) is 6.32 Å². The summed E-state index contributed by atoms with van der Waals surface area (Å²) in [6.45, 7) is 14.8. The van der Waals surface area contributed by atoms with Crippen molar-refractivity contribution in [3.05, 3.63) is 0 Å². The molecular formula is C11H25BN2. The van der Waals surface area contributed by atoms with E-state index in [2.05, 4.69) is 44.2 Å². The molecule has 0 aliphatic carbocycles. The first-order valence-corrected chi connectivity index (χ1v) is 6.09. The topological polar surface area (TPSA) is 6.48 Å². The van der Waals surface area contributed by atoms with Crippen LogP contribution in [0.1, 0.15) is 41.0 Å². The van der Waals surface area contributed by atoms with Crippen molar-refractivity contribution in [1.29, 1.82) is 0 Å². The zero-order chi connectivity index (χ0) is 10.7. The molecule has 82 valence electrons. The van der Waals surface area contributed by atoms with E-state index in [1.54, 1.807) is 0 Å². The van der Waals surface area contributed by atoms with Crippen LogP contribution in [0.5, 0.6) is 0 Å². The van der Waals surface area contributed by atoms with Gasteiger partial charge in [-0.3, -0.25) is 0 Å². The van der Waals surface area contributed by atoms with Crippen molar-refractivity contribution in [2.24, 2.45) is 0 Å². The summed E-state index contributed by atoms with van der Waals surface area (Å²) < 4.78 is 0. The van der Waals surface area contributed by atoms with Gasteiger partial charge >= 0.3 is 6.98 Å². The summed E-state index contributed by atoms with van der Waals surface area (Å²) in [6, 6.07) is 1.36. The summed E-state index contributed by atoms with van der Waals surface area (Å²) in [5, 5.41) is 0. The van der Waals surface area contributed by atoms with E-state index in [4.69, 9.17) is 0 Å². The quantitative estimate of drug-likeness (QED) is 0.639. The van der Waals surface area contributed by atoms with Gasteiger partial charge in [-0.15, -0.1) is 0 Å². The predicted molar refractivity (Wildman–Crippen MR) is 64.5 cm³/mol. The Labute approximate surface area is 89.8 Å². The second-order valence-electron chi connectivity index (χ2n) is 4.91. The Morgan fingerprint density at radius 2 is 1.43 bits per heavy atom. The highest BCUT2D eigenvalue weighted by Gasteiger charge is 2.34. The summed E-state index contributed by atoms with van der Waals surface area (Å²) in [5.74, 6) is 0. The number of nitrogens with zero attached hydrogens (tertiary/aromatic N) is 2. The molecule has 1 rings (SSSR count). The monoisotopic (exact) mass is 196 g/mol. The van der Waals surface area contributed by atoms with Crippen molar-refractivity contribution in [2.75, 3.05) is 13.1 Å². The lowest BCUT2D eigenvalue weighted by molar-refractivity contribution is 0.225. The zero-order valence-corrected chi connectivity index (χ0v) is 10.5. The van der Waals surface area contributed by atoms with Crippen molar-refractivity contribution < 1.29 is 0 Å². The predicted octanol–water partition coefficient (Wildman–Crippen LogP) is 2.32. The third kappa shape index (κ3) is 2.51. The fraction of sp³-hybridized carbons (Fsp3) is 1.00. The molecule has 0 bridgehead atoms. The van der Waals surface area contributed by atoms with Gasteiger partial charge in [-0.2, -0.15) is 0 Å². The van der Waals surface area contributed by atoms with E-state index >= 15 is 0 Å². The summed E-state index contributed by atoms with van der Waals surface area (Å²) in [6.07, 6.45) is 2.57. The van der Waals surface area contributed by atoms with E-state index in [0.29, 0.717) is 19.1 Å². The van der Waals surface area contributed by atoms with Crippen LogP contribution in [0, 0.1) is 0 Å². The van der Waals surface area contributed by atoms with Crippen molar-refractivity contribution in [2.45, 2.75) is 59.4 Å². The average molecular weight is 196 g/mol. The Balaban J connectivity index is 2.69. The molecule has 0 N–H and O–H groups in total. The molecule has 1 heterocycles. The lowest BCUT2D eigenvalue weighted by Crippen LogP contribution is -2.61. The fourth-order valence-electron chi connectivity index (χ4n) is 2.60. The number of hydrogen-bond acceptors (Lipinski definition) is 2. The Hall–Kier alpha value is -0.0151. The van der Waals surface area contributed by atoms with E-state index < -0.39 is 0 Å². The standard InChI is InChI=1S/C11H25BN2/c1-6-12-13(10(2)3)8-7-9-14(12)11(4)5/h10-11H,6-9H2,1-5H3. The molecule has 0 saturated carbocycles. The first kappa shape index (κ1) is 12.1. The van der Waals surface area contributed by atoms with Crippen molar-refractivity contribution >= 4 is 6.98 Å². The average Bonchev–Trinajstić information content (AvgIpc) is 2.16. The third-order valence-corrected chi connectivity index (χ3v) is 3.29. The van der Waals surface area contributed by atoms with Gasteiger partial charge in [0.15, 0.2) is 0 Å². The van der Waals surface area contributed by atoms with Gasteiger partial charge < -0.3 is 9.62 Å². The molecule has 1 fully saturated rings. The Morgan fingerprint density at radius 1 is 1.00 bits per heavy atom. The molecule has 3 heteroatoms. The molecule has 0 unspecified atom stereocenters. The van der Waals surface area contributed by atoms with Crippen LogP contribution in [0.4, 0.5) is 0 Å². The van der Waals surface area contributed by atoms with E-state index in [-0.39, 0.29) is 0 Å². The Kier molecular flexibility index (Phi) is 4.46. The summed E-state index contributed by atoms with van der Waals surface area (Å²) in [5.41, 5.74) is 0. The maximum absolute atomic E-state index is 2.64. The second-order valence-corrected chi connectivity index (χ2v) is 4.91. The van der Waals surface area contributed by atoms with E-state index in [1.165, 1.54) is 25.8 Å². The van der Waals surface area contributed by atoms with Gasteiger partial charge in [-0.25, -0.2) is 0 Å². The molecule has 1 saturated heterocycles. The van der Waals surface area contributed by atoms with Crippen LogP contribution < -0.4 is 0 Å². The number of rotatable bonds is 3. The summed E-state index contributed by atoms with van der Waals surface area (Å²) >= 11 is 0. The molecule has 14 heavy (non-hydrogen) atoms. The van der Waals surface area contributed by atoms with Crippen LogP contribution in [0.25, 0.3) is 0 Å². The molecular weight excluding hydrogens is 171 g/mol. The molecule has 1 aliphatic heterocycles. The first-order valence-electron chi connectivity index (χ1n) is 6.09. The maximum Gasteiger partial charge on any atom is 0.310 e. The fourth-order valence-corrected chi connectivity index (χ4v) is 2.60. The van der Waals surface area contributed by atoms with Gasteiger partial charge in [0.25, 0.3) is 0 Å². The van der Waals surface area contributed by atoms with Crippen LogP contribution in [-0.4, -0.2) is 41.8 Å². The first-order chi connectivity index (χ1) is 6.57. The lowest BCUT2D eigenvalue weighted by atomic mass is 9.64. The van der Waals surface area contributed by atoms with E-state index in [0.717, 1.165) is 0 Å². The van der Waals surface area contributed by atoms with Gasteiger partial charge in [-0.05, 0) is 37.9 Å². The van der Waals surface area contributed by atoms with Crippen LogP contribution >= 0.6 is 0 Å². The zero-order valence-electron chi connectivity index (χ0n) is 10.5. The van der Waals surface area contributed by atoms with Gasteiger partial charge in [0, 0.05) is 0 Å². The minimum atomic E-state index is 0.670. The molecule has 0 aromatic carbocycles. The smallest absolute Gasteiger partial charge is 0.310 e. The molecule has 0 atom stereocenters. The minimum absolute atomic E-state index is 0.670. The molecule has 1 aliphatic rings. The van der Waals surface area contributed by atoms with E-state index in [9.17, 15) is 0 Å². The van der Waals surface area contributed by atoms with Crippen LogP contribution in [0.3, 0.4) is 0 Å². The van der Waals surface area contributed by atoms with E-state index in [1.807, 2.05) is 0 Å². The van der Waals surface area contributed by atoms with Crippen molar-refractivity contribution in [3.63, 3.8) is 0 Å². The summed E-state index contributed by atoms with van der Waals surface area (Å²) in [4.78, 5) is 5.28. The lowest BCUT2D eigenvalue weighted by Gasteiger charge is -2.45. The van der Waals surface area contributed by atoms with Crippen molar-refractivity contribution in [1.82, 2.24) is 9.62 Å². The molecule has 0 aromatic heterocycles. The minimum Gasteiger partial charge on any atom is -0.326 e. The SMILES string of the molecule is CCB1N(C(C)C)CCCN1C(C)C. The molecule has 0 spiro atoms. The van der Waals surface area contributed by atoms with Gasteiger partial charge in [0.05, 0.1) is 0 Å². The normalized spacial score (nSPS) is 21.2. The van der Waals surface area contributed by atoms with Gasteiger partial charge in [-0.1, -0.05) is 34.6 Å². The van der Waals surface area contributed by atoms with Crippen molar-refractivity contribution in [3.8, 4) is 0 Å². The van der Waals surface area contributed by atoms with Crippen LogP contribution in [-0.2, 0) is 0 Å². The number of hydrogen-bond donors (Lipinski definition) is 0. The highest BCUT2D eigenvalue weighted by Crippen LogP contribution is 2.19. The Morgan fingerprint density at radius 3 is 1.71 bits per heavy atom. The maximum atomic E-state index is 2.64. The summed E-state index contributed by atoms with van der Waals surface area (Å²) in [7, 11) is 0. The molecule has 0 radical (unpaired) electrons. The van der Waals surface area contributed by atoms with Gasteiger partial charge in [0.2, 0.25) is 0 Å². The second kappa shape index (κ2) is 5.17. The highest BCUT2D eigenvalue weighted by atomic mass is 15.3. The molecule has 2 nitrogen and oxygen atoms in total. The van der Waals surface area contributed by atoms with Gasteiger partial charge in [0.1, 0.15) is 0 Å². The molecule has 0 aromatic rings. The van der Waals surface area contributed by atoms with Crippen LogP contribution in [0.15, 0.2) is 0 Å². The third-order valence-electron chi connectivity index (χ3n) is 3.29. The Bertz CT molecular complexity index is 155.